The molecular weight excluding hydrogens is 184 g/mol. The van der Waals surface area contributed by atoms with E-state index in [1.54, 1.807) is 6.92 Å². The molecule has 1 saturated carbocycles. The van der Waals surface area contributed by atoms with Gasteiger partial charge in [-0.05, 0) is 19.3 Å². The monoisotopic (exact) mass is 200 g/mol. The number of nitrogens with two attached hydrogens (primary N) is 1. The van der Waals surface area contributed by atoms with Crippen molar-refractivity contribution in [3.8, 4) is 0 Å². The maximum absolute atomic E-state index is 11.4. The first kappa shape index (κ1) is 11.0. The van der Waals surface area contributed by atoms with Crippen LogP contribution in [0.2, 0.25) is 0 Å². The third kappa shape index (κ3) is 1.87. The lowest BCUT2D eigenvalue weighted by molar-refractivity contribution is -0.152. The molecule has 0 saturated heterocycles. The van der Waals surface area contributed by atoms with Gasteiger partial charge in [0.2, 0.25) is 5.91 Å². The third-order valence-corrected chi connectivity index (χ3v) is 2.78. The van der Waals surface area contributed by atoms with Gasteiger partial charge in [0, 0.05) is 12.5 Å². The van der Waals surface area contributed by atoms with E-state index in [-0.39, 0.29) is 18.4 Å². The van der Waals surface area contributed by atoms with E-state index in [4.69, 9.17) is 10.8 Å². The Hall–Kier alpha value is -1.10. The number of amides is 1. The molecule has 0 aromatic carbocycles. The fourth-order valence-electron chi connectivity index (χ4n) is 1.39. The highest BCUT2D eigenvalue weighted by Crippen LogP contribution is 2.32. The second-order valence-electron chi connectivity index (χ2n) is 3.87. The van der Waals surface area contributed by atoms with Crippen LogP contribution in [0.4, 0.5) is 0 Å². The van der Waals surface area contributed by atoms with Crippen LogP contribution in [0.1, 0.15) is 26.2 Å². The summed E-state index contributed by atoms with van der Waals surface area (Å²) in [5, 5.41) is 11.5. The molecule has 1 unspecified atom stereocenters. The van der Waals surface area contributed by atoms with Crippen molar-refractivity contribution in [1.82, 2.24) is 5.32 Å². The predicted octanol–water partition coefficient (Wildman–Crippen LogP) is -0.295. The Kier molecular flexibility index (Phi) is 3.10. The van der Waals surface area contributed by atoms with Gasteiger partial charge >= 0.3 is 5.97 Å². The van der Waals surface area contributed by atoms with Crippen LogP contribution in [0.3, 0.4) is 0 Å². The zero-order valence-electron chi connectivity index (χ0n) is 8.25. The average molecular weight is 200 g/mol. The molecule has 0 aromatic rings. The predicted molar refractivity (Wildman–Crippen MR) is 50.6 cm³/mol. The largest absolute Gasteiger partial charge is 0.480 e. The van der Waals surface area contributed by atoms with Gasteiger partial charge in [-0.1, -0.05) is 6.92 Å². The Balaban J connectivity index is 2.57. The molecule has 4 N–H and O–H groups in total. The van der Waals surface area contributed by atoms with E-state index in [2.05, 4.69) is 5.32 Å². The van der Waals surface area contributed by atoms with Gasteiger partial charge in [-0.2, -0.15) is 0 Å². The van der Waals surface area contributed by atoms with Gasteiger partial charge in [0.05, 0.1) is 0 Å². The summed E-state index contributed by atoms with van der Waals surface area (Å²) >= 11 is 0. The third-order valence-electron chi connectivity index (χ3n) is 2.78. The first-order valence-electron chi connectivity index (χ1n) is 4.77. The number of hydrogen-bond acceptors (Lipinski definition) is 3. The van der Waals surface area contributed by atoms with Crippen LogP contribution in [0.25, 0.3) is 0 Å². The number of carbonyl (C=O) groups excluding carboxylic acids is 1. The number of rotatable bonds is 4. The molecule has 80 valence electrons. The van der Waals surface area contributed by atoms with Crippen molar-refractivity contribution in [2.75, 3.05) is 6.54 Å². The summed E-state index contributed by atoms with van der Waals surface area (Å²) in [6.07, 6.45) is 1.89. The minimum Gasteiger partial charge on any atom is -0.480 e. The van der Waals surface area contributed by atoms with Gasteiger partial charge in [0.15, 0.2) is 0 Å². The summed E-state index contributed by atoms with van der Waals surface area (Å²) in [4.78, 5) is 22.3. The molecule has 0 aromatic heterocycles. The van der Waals surface area contributed by atoms with Crippen molar-refractivity contribution in [1.29, 1.82) is 0 Å². The first-order valence-corrected chi connectivity index (χ1v) is 4.77. The second kappa shape index (κ2) is 3.96. The van der Waals surface area contributed by atoms with Crippen LogP contribution in [0.15, 0.2) is 0 Å². The molecule has 0 spiro atoms. The number of carboxylic acid groups (broad SMARTS) is 1. The van der Waals surface area contributed by atoms with E-state index in [0.29, 0.717) is 12.8 Å². The van der Waals surface area contributed by atoms with Crippen LogP contribution in [0, 0.1) is 5.92 Å². The maximum Gasteiger partial charge on any atom is 0.329 e. The molecule has 0 bridgehead atoms. The lowest BCUT2D eigenvalue weighted by atomic mass is 9.76. The van der Waals surface area contributed by atoms with Gasteiger partial charge in [-0.15, -0.1) is 0 Å². The molecule has 5 nitrogen and oxygen atoms in total. The summed E-state index contributed by atoms with van der Waals surface area (Å²) < 4.78 is 0. The molecule has 1 amide bonds. The van der Waals surface area contributed by atoms with Crippen LogP contribution >= 0.6 is 0 Å². The zero-order valence-corrected chi connectivity index (χ0v) is 8.25. The minimum atomic E-state index is -1.01. The van der Waals surface area contributed by atoms with E-state index in [1.807, 2.05) is 0 Å². The van der Waals surface area contributed by atoms with E-state index in [9.17, 15) is 9.59 Å². The van der Waals surface area contributed by atoms with Gasteiger partial charge in [-0.3, -0.25) is 4.79 Å². The normalized spacial score (nSPS) is 20.7. The molecule has 0 heterocycles. The Morgan fingerprint density at radius 1 is 1.57 bits per heavy atom. The fourth-order valence-corrected chi connectivity index (χ4v) is 1.39. The smallest absolute Gasteiger partial charge is 0.329 e. The average Bonchev–Trinajstić information content (AvgIpc) is 2.08. The molecule has 14 heavy (non-hydrogen) atoms. The topological polar surface area (TPSA) is 92.4 Å². The van der Waals surface area contributed by atoms with E-state index in [1.165, 1.54) is 0 Å². The molecule has 5 heteroatoms. The van der Waals surface area contributed by atoms with Crippen LogP contribution < -0.4 is 11.1 Å². The van der Waals surface area contributed by atoms with Crippen molar-refractivity contribution < 1.29 is 14.7 Å². The fraction of sp³-hybridized carbons (Fsp3) is 0.778. The molecular formula is C9H16N2O3. The number of nitrogens with one attached hydrogen (secondary N) is 1. The summed E-state index contributed by atoms with van der Waals surface area (Å²) in [5.41, 5.74) is 4.31. The SMILES string of the molecule is CC(CN)C(=O)NC1(C(=O)O)CCC1. The van der Waals surface area contributed by atoms with Crippen molar-refractivity contribution >= 4 is 11.9 Å². The van der Waals surface area contributed by atoms with Crippen LogP contribution in [-0.2, 0) is 9.59 Å². The van der Waals surface area contributed by atoms with Crippen molar-refractivity contribution in [3.05, 3.63) is 0 Å². The lowest BCUT2D eigenvalue weighted by Gasteiger charge is -2.38. The van der Waals surface area contributed by atoms with Gasteiger partial charge in [-0.25, -0.2) is 4.79 Å². The Morgan fingerprint density at radius 3 is 2.43 bits per heavy atom. The van der Waals surface area contributed by atoms with Crippen LogP contribution in [0.5, 0.6) is 0 Å². The summed E-state index contributed by atoms with van der Waals surface area (Å²) in [5.74, 6) is -1.54. The van der Waals surface area contributed by atoms with Crippen molar-refractivity contribution in [3.63, 3.8) is 0 Å². The van der Waals surface area contributed by atoms with Gasteiger partial charge in [0.25, 0.3) is 0 Å². The number of hydrogen-bond donors (Lipinski definition) is 3. The standard InChI is InChI=1S/C9H16N2O3/c1-6(5-10)7(12)11-9(8(13)14)3-2-4-9/h6H,2-5,10H2,1H3,(H,11,12)(H,13,14). The summed E-state index contributed by atoms with van der Waals surface area (Å²) in [6, 6.07) is 0. The lowest BCUT2D eigenvalue weighted by Crippen LogP contribution is -2.60. The molecule has 0 aliphatic heterocycles. The highest BCUT2D eigenvalue weighted by Gasteiger charge is 2.45. The van der Waals surface area contributed by atoms with E-state index < -0.39 is 11.5 Å². The number of aliphatic carboxylic acids is 1. The number of carboxylic acids is 1. The first-order chi connectivity index (χ1) is 6.52. The molecule has 1 atom stereocenters. The van der Waals surface area contributed by atoms with E-state index in [0.717, 1.165) is 6.42 Å². The summed E-state index contributed by atoms with van der Waals surface area (Å²) in [7, 11) is 0. The highest BCUT2D eigenvalue weighted by molar-refractivity contribution is 5.88. The van der Waals surface area contributed by atoms with Crippen LogP contribution in [-0.4, -0.2) is 29.1 Å². The second-order valence-corrected chi connectivity index (χ2v) is 3.87. The molecule has 1 aliphatic carbocycles. The van der Waals surface area contributed by atoms with Crippen molar-refractivity contribution in [2.45, 2.75) is 31.7 Å². The molecule has 1 rings (SSSR count). The van der Waals surface area contributed by atoms with Crippen molar-refractivity contribution in [2.24, 2.45) is 11.7 Å². The zero-order chi connectivity index (χ0) is 10.8. The number of carbonyl (C=O) groups is 2. The molecule has 0 radical (unpaired) electrons. The maximum atomic E-state index is 11.4. The summed E-state index contributed by atoms with van der Waals surface area (Å²) in [6.45, 7) is 1.92. The molecule has 1 fully saturated rings. The Bertz CT molecular complexity index is 248. The Morgan fingerprint density at radius 2 is 2.14 bits per heavy atom. The van der Waals surface area contributed by atoms with E-state index >= 15 is 0 Å². The molecule has 1 aliphatic rings. The minimum absolute atomic E-state index is 0.238. The quantitative estimate of drug-likeness (QED) is 0.581. The highest BCUT2D eigenvalue weighted by atomic mass is 16.4. The van der Waals surface area contributed by atoms with Gasteiger partial charge in [0.1, 0.15) is 5.54 Å². The Labute approximate surface area is 82.7 Å². The van der Waals surface area contributed by atoms with Gasteiger partial charge < -0.3 is 16.2 Å².